The lowest BCUT2D eigenvalue weighted by atomic mass is 9.86. The monoisotopic (exact) mass is 1370 g/mol. The predicted octanol–water partition coefficient (Wildman–Crippen LogP) is 5.47. The first-order valence-electron chi connectivity index (χ1n) is 33.5. The molecule has 0 fully saturated rings. The number of carbonyl (C=O) groups excluding carboxylic acids is 5. The molecule has 7 N–H and O–H groups in total. The minimum absolute atomic E-state index is 0.0158. The molecule has 29 nitrogen and oxygen atoms in total. The second-order valence-corrected chi connectivity index (χ2v) is 22.8. The Morgan fingerprint density at radius 3 is 1.91 bits per heavy atom. The Hall–Kier alpha value is -8.16. The van der Waals surface area contributed by atoms with Gasteiger partial charge in [0, 0.05) is 53.0 Å². The molecule has 0 bridgehead atoms. The van der Waals surface area contributed by atoms with Crippen LogP contribution in [0.1, 0.15) is 85.8 Å². The van der Waals surface area contributed by atoms with Crippen molar-refractivity contribution in [3.05, 3.63) is 133 Å². The molecule has 3 aromatic carbocycles. The van der Waals surface area contributed by atoms with Crippen LogP contribution in [-0.2, 0) is 109 Å². The molecule has 0 saturated heterocycles. The van der Waals surface area contributed by atoms with Crippen molar-refractivity contribution >= 4 is 46.4 Å². The van der Waals surface area contributed by atoms with Gasteiger partial charge in [0.2, 0.25) is 17.7 Å². The third-order valence-electron chi connectivity index (χ3n) is 15.9. The molecule has 3 atom stereocenters. The van der Waals surface area contributed by atoms with Gasteiger partial charge in [-0.3, -0.25) is 19.2 Å². The number of amides is 4. The van der Waals surface area contributed by atoms with Gasteiger partial charge in [-0.1, -0.05) is 61.4 Å². The lowest BCUT2D eigenvalue weighted by Gasteiger charge is -2.31. The van der Waals surface area contributed by atoms with Gasteiger partial charge in [0.05, 0.1) is 155 Å². The van der Waals surface area contributed by atoms with Crippen molar-refractivity contribution in [1.82, 2.24) is 25.5 Å². The number of aryl methyl sites for hydroxylation is 1. The molecule has 2 aliphatic heterocycles. The minimum Gasteiger partial charge on any atom is -0.494 e. The van der Waals surface area contributed by atoms with Crippen LogP contribution in [-0.4, -0.2) is 202 Å². The fraction of sp³-hybridized carbons (Fsp3) is 0.551. The van der Waals surface area contributed by atoms with E-state index in [1.54, 1.807) is 41.8 Å². The molecule has 4 heterocycles. The lowest BCUT2D eigenvalue weighted by Crippen LogP contribution is -2.53. The van der Waals surface area contributed by atoms with Crippen LogP contribution in [0.4, 0.5) is 10.5 Å². The van der Waals surface area contributed by atoms with Crippen LogP contribution in [0.2, 0.25) is 0 Å². The number of nitrogens with two attached hydrogens (primary N) is 1. The van der Waals surface area contributed by atoms with Gasteiger partial charge in [0.25, 0.3) is 5.56 Å². The molecule has 0 unspecified atom stereocenters. The zero-order valence-corrected chi connectivity index (χ0v) is 56.1. The number of aromatic nitrogens is 2. The quantitative estimate of drug-likeness (QED) is 0.00906. The van der Waals surface area contributed by atoms with Gasteiger partial charge in [0.1, 0.15) is 31.0 Å². The van der Waals surface area contributed by atoms with Gasteiger partial charge >= 0.3 is 12.1 Å². The van der Waals surface area contributed by atoms with E-state index in [1.165, 1.54) is 0 Å². The van der Waals surface area contributed by atoms with Crippen LogP contribution in [0.5, 0.6) is 5.75 Å². The Bertz CT molecular complexity index is 3410. The van der Waals surface area contributed by atoms with Crippen LogP contribution in [0.15, 0.2) is 88.8 Å². The van der Waals surface area contributed by atoms with Gasteiger partial charge in [-0.25, -0.2) is 14.6 Å². The molecule has 5 aromatic rings. The molecule has 534 valence electrons. The molecular weight excluding hydrogens is 1270 g/mol. The van der Waals surface area contributed by atoms with E-state index in [1.807, 2.05) is 55.5 Å². The maximum absolute atomic E-state index is 14.0. The number of aliphatic hydroxyl groups is 1. The Morgan fingerprint density at radius 1 is 0.704 bits per heavy atom. The first-order chi connectivity index (χ1) is 47.9. The van der Waals surface area contributed by atoms with E-state index >= 15 is 0 Å². The van der Waals surface area contributed by atoms with E-state index in [4.69, 9.17) is 73.1 Å². The molecule has 2 aromatic heterocycles. The van der Waals surface area contributed by atoms with Crippen molar-refractivity contribution in [3.63, 3.8) is 0 Å². The molecule has 98 heavy (non-hydrogen) atoms. The zero-order chi connectivity index (χ0) is 69.6. The van der Waals surface area contributed by atoms with Crippen LogP contribution in [0.25, 0.3) is 32.7 Å². The van der Waals surface area contributed by atoms with Crippen LogP contribution in [0.3, 0.4) is 0 Å². The number of nitrogens with one attached hydrogen (secondary N) is 4. The summed E-state index contributed by atoms with van der Waals surface area (Å²) in [5, 5.41) is 26.9. The number of carbonyl (C=O) groups is 5. The van der Waals surface area contributed by atoms with Crippen molar-refractivity contribution in [2.75, 3.05) is 150 Å². The van der Waals surface area contributed by atoms with Gasteiger partial charge in [0.15, 0.2) is 5.60 Å². The fourth-order valence-electron chi connectivity index (χ4n) is 10.7. The summed E-state index contributed by atoms with van der Waals surface area (Å²) < 4.78 is 67.8. The Labute approximate surface area is 569 Å². The summed E-state index contributed by atoms with van der Waals surface area (Å²) in [6, 6.07) is 21.4. The van der Waals surface area contributed by atoms with Crippen molar-refractivity contribution in [3.8, 4) is 17.1 Å². The summed E-state index contributed by atoms with van der Waals surface area (Å²) in [6.45, 7) is 11.9. The topological polar surface area (TPSA) is 374 Å². The minimum atomic E-state index is -1.92. The third-order valence-corrected chi connectivity index (χ3v) is 15.9. The highest BCUT2D eigenvalue weighted by atomic mass is 16.6. The van der Waals surface area contributed by atoms with E-state index in [2.05, 4.69) is 31.3 Å². The van der Waals surface area contributed by atoms with Crippen molar-refractivity contribution < 1.29 is 85.9 Å². The number of rotatable bonds is 50. The number of unbranched alkanes of at least 4 members (excludes halogenated alkanes) is 1. The Balaban J connectivity index is 0.736. The van der Waals surface area contributed by atoms with E-state index in [0.717, 1.165) is 22.1 Å². The number of hydrogen-bond acceptors (Lipinski definition) is 22. The normalized spacial score (nSPS) is 14.3. The maximum Gasteiger partial charge on any atom is 0.407 e. The molecule has 0 aliphatic carbocycles. The highest BCUT2D eigenvalue weighted by Gasteiger charge is 2.45. The predicted molar refractivity (Wildman–Crippen MR) is 360 cm³/mol. The van der Waals surface area contributed by atoms with Crippen molar-refractivity contribution in [1.29, 1.82) is 0 Å². The first-order valence-corrected chi connectivity index (χ1v) is 33.5. The lowest BCUT2D eigenvalue weighted by molar-refractivity contribution is -0.172. The van der Waals surface area contributed by atoms with E-state index in [9.17, 15) is 33.9 Å². The standard InChI is InChI=1S/C69H94N10O19/c1-3-53-54-44-52(18-19-58(54)76-63-55(53)46-79-61(63)45-57-56(66(79)83)48-97-67(84)69(57,86)4-2)96-24-10-22-72-68(85)98-47-50-14-16-51(17-15-50)74-64(81)59(13-8-9-21-70)77-65(82)60(43-49-11-6-5-7-12-49)75-62(80)20-25-87-27-29-89-31-33-91-35-37-93-39-41-95-42-40-94-38-36-92-34-32-90-30-28-88-26-23-73-78-71/h5-7,11-12,14-19,44-45,59-60,86H,3-4,8-10,13,20-43,46-48,70H2,1-2H3,(H,72,85)(H,74,81)(H,75,80)(H,77,82)/t59-,60-,69-/m0/s1. The van der Waals surface area contributed by atoms with Crippen LogP contribution >= 0.6 is 0 Å². The molecule has 29 heteroatoms. The number of azide groups is 1. The molecule has 0 spiro atoms. The first kappa shape index (κ1) is 77.2. The average molecular weight is 1370 g/mol. The smallest absolute Gasteiger partial charge is 0.407 e. The number of pyridine rings is 2. The number of fused-ring (bicyclic) bond motifs is 5. The Morgan fingerprint density at radius 2 is 1.32 bits per heavy atom. The van der Waals surface area contributed by atoms with E-state index in [0.29, 0.717) is 185 Å². The van der Waals surface area contributed by atoms with Crippen LogP contribution in [0, 0.1) is 0 Å². The summed E-state index contributed by atoms with van der Waals surface area (Å²) in [5.41, 5.74) is 18.0. The highest BCUT2D eigenvalue weighted by molar-refractivity contribution is 5.98. The number of cyclic esters (lactones) is 1. The van der Waals surface area contributed by atoms with Gasteiger partial charge in [-0.15, -0.1) is 0 Å². The summed E-state index contributed by atoms with van der Waals surface area (Å²) >= 11 is 0. The molecule has 7 rings (SSSR count). The van der Waals surface area contributed by atoms with Crippen molar-refractivity contribution in [2.45, 2.75) is 103 Å². The number of esters is 1. The largest absolute Gasteiger partial charge is 0.494 e. The van der Waals surface area contributed by atoms with E-state index in [-0.39, 0.29) is 82.1 Å². The molecule has 0 saturated carbocycles. The molecule has 4 amide bonds. The summed E-state index contributed by atoms with van der Waals surface area (Å²) in [4.78, 5) is 87.8. The number of benzene rings is 3. The number of alkyl carbamates (subject to hydrolysis) is 1. The fourth-order valence-corrected chi connectivity index (χ4v) is 10.7. The second-order valence-electron chi connectivity index (χ2n) is 22.8. The second kappa shape index (κ2) is 43.3. The van der Waals surface area contributed by atoms with Gasteiger partial charge in [-0.2, -0.15) is 0 Å². The molecule has 2 aliphatic rings. The number of hydrogen-bond donors (Lipinski definition) is 6. The average Bonchev–Trinajstić information content (AvgIpc) is 1.43. The molecular formula is C69H94N10O19. The summed E-state index contributed by atoms with van der Waals surface area (Å²) in [7, 11) is 0. The maximum atomic E-state index is 14.0. The Kier molecular flexibility index (Phi) is 34.1. The van der Waals surface area contributed by atoms with Gasteiger partial charge in [-0.05, 0) is 104 Å². The summed E-state index contributed by atoms with van der Waals surface area (Å²) in [5.74, 6) is -1.55. The van der Waals surface area contributed by atoms with E-state index < -0.39 is 47.5 Å². The number of ether oxygens (including phenoxy) is 12. The van der Waals surface area contributed by atoms with Crippen LogP contribution < -0.4 is 37.3 Å². The van der Waals surface area contributed by atoms with Gasteiger partial charge < -0.3 is 93.5 Å². The SMILES string of the molecule is CCc1c2c(nc3ccc(OCCCNC(=O)OCc4ccc(NC(=O)[C@H](CCCCN)NC(=O)[C@H](Cc5ccccc5)NC(=O)CCOCCOCCOCCOCCOCCOCCOCCOCCOCCN=[N+]=[N-])cc4)cc13)-c1cc3c(c(=O)n1C2)COC(=O)[C@]3(O)CC. The summed E-state index contributed by atoms with van der Waals surface area (Å²) in [6.07, 6.45) is 2.19. The number of nitrogens with zero attached hydrogens (tertiary/aromatic N) is 5. The highest BCUT2D eigenvalue weighted by Crippen LogP contribution is 2.41. The third kappa shape index (κ3) is 25.0. The van der Waals surface area contributed by atoms with Crippen molar-refractivity contribution in [2.24, 2.45) is 10.8 Å². The zero-order valence-electron chi connectivity index (χ0n) is 56.1. The molecule has 0 radical (unpaired) electrons. The number of anilines is 1.